The van der Waals surface area contributed by atoms with Gasteiger partial charge in [-0.15, -0.1) is 0 Å². The van der Waals surface area contributed by atoms with Crippen LogP contribution < -0.4 is 15.4 Å². The Bertz CT molecular complexity index is 711. The van der Waals surface area contributed by atoms with Crippen LogP contribution >= 0.6 is 0 Å². The summed E-state index contributed by atoms with van der Waals surface area (Å²) in [4.78, 5) is 23.1. The zero-order chi connectivity index (χ0) is 16.8. The van der Waals surface area contributed by atoms with E-state index in [0.29, 0.717) is 17.4 Å². The molecule has 0 spiro atoms. The second-order valence-electron chi connectivity index (χ2n) is 5.44. The first kappa shape index (κ1) is 16.5. The highest BCUT2D eigenvalue weighted by molar-refractivity contribution is 6.00. The van der Waals surface area contributed by atoms with Crippen molar-refractivity contribution in [2.45, 2.75) is 26.7 Å². The van der Waals surface area contributed by atoms with Crippen molar-refractivity contribution in [3.05, 3.63) is 54.1 Å². The van der Waals surface area contributed by atoms with Crippen LogP contribution in [0.5, 0.6) is 5.75 Å². The van der Waals surface area contributed by atoms with Gasteiger partial charge in [-0.25, -0.2) is 4.79 Å². The molecule has 2 amide bonds. The fraction of sp³-hybridized carbons (Fsp3) is 0.222. The minimum atomic E-state index is -0.405. The molecule has 0 aromatic heterocycles. The van der Waals surface area contributed by atoms with Crippen molar-refractivity contribution < 1.29 is 14.3 Å². The summed E-state index contributed by atoms with van der Waals surface area (Å²) in [6.45, 7) is 5.47. The Hall–Kier alpha value is -2.82. The second-order valence-corrected chi connectivity index (χ2v) is 5.44. The van der Waals surface area contributed by atoms with E-state index in [1.807, 2.05) is 24.3 Å². The average Bonchev–Trinajstić information content (AvgIpc) is 2.47. The van der Waals surface area contributed by atoms with Crippen molar-refractivity contribution in [1.29, 1.82) is 0 Å². The highest BCUT2D eigenvalue weighted by Gasteiger charge is 2.09. The zero-order valence-corrected chi connectivity index (χ0v) is 13.4. The molecule has 23 heavy (non-hydrogen) atoms. The van der Waals surface area contributed by atoms with Gasteiger partial charge < -0.3 is 15.4 Å². The van der Waals surface area contributed by atoms with Gasteiger partial charge in [-0.3, -0.25) is 4.79 Å². The number of esters is 1. The normalized spacial score (nSPS) is 10.3. The van der Waals surface area contributed by atoms with Crippen molar-refractivity contribution in [3.8, 4) is 5.75 Å². The van der Waals surface area contributed by atoms with Gasteiger partial charge in [-0.2, -0.15) is 0 Å². The summed E-state index contributed by atoms with van der Waals surface area (Å²) in [7, 11) is 0. The van der Waals surface area contributed by atoms with E-state index in [1.165, 1.54) is 6.92 Å². The standard InChI is InChI=1S/C18H20N2O3/c1-12(2)16-9-4-5-10-17(16)20-18(22)19-14-7-6-8-15(11-14)23-13(3)21/h4-12H,1-3H3,(H2,19,20,22). The van der Waals surface area contributed by atoms with Gasteiger partial charge in [0.25, 0.3) is 0 Å². The Morgan fingerprint density at radius 3 is 2.43 bits per heavy atom. The molecule has 0 aliphatic heterocycles. The van der Waals surface area contributed by atoms with Crippen LogP contribution in [0.3, 0.4) is 0 Å². The summed E-state index contributed by atoms with van der Waals surface area (Å²) in [6.07, 6.45) is 0. The van der Waals surface area contributed by atoms with E-state index in [4.69, 9.17) is 4.74 Å². The number of hydrogen-bond donors (Lipinski definition) is 2. The Morgan fingerprint density at radius 1 is 1.00 bits per heavy atom. The van der Waals surface area contributed by atoms with Gasteiger partial charge in [0.2, 0.25) is 0 Å². The molecule has 2 N–H and O–H groups in total. The van der Waals surface area contributed by atoms with Crippen LogP contribution in [0.25, 0.3) is 0 Å². The van der Waals surface area contributed by atoms with E-state index in [0.717, 1.165) is 11.3 Å². The molecule has 0 saturated carbocycles. The molecule has 0 radical (unpaired) electrons. The number of anilines is 2. The Kier molecular flexibility index (Phi) is 5.36. The Labute approximate surface area is 135 Å². The summed E-state index contributed by atoms with van der Waals surface area (Å²) >= 11 is 0. The van der Waals surface area contributed by atoms with Gasteiger partial charge in [-0.1, -0.05) is 38.1 Å². The number of rotatable bonds is 4. The summed E-state index contributed by atoms with van der Waals surface area (Å²) in [5.74, 6) is 0.286. The third-order valence-corrected chi connectivity index (χ3v) is 3.18. The molecule has 2 aromatic carbocycles. The predicted octanol–water partition coefficient (Wildman–Crippen LogP) is 4.38. The van der Waals surface area contributed by atoms with Crippen LogP contribution in [0.4, 0.5) is 16.2 Å². The van der Waals surface area contributed by atoms with Gasteiger partial charge in [0.05, 0.1) is 0 Å². The highest BCUT2D eigenvalue weighted by Crippen LogP contribution is 2.24. The van der Waals surface area contributed by atoms with E-state index in [2.05, 4.69) is 24.5 Å². The summed E-state index contributed by atoms with van der Waals surface area (Å²) in [6, 6.07) is 14.0. The Balaban J connectivity index is 2.07. The van der Waals surface area contributed by atoms with E-state index >= 15 is 0 Å². The number of ether oxygens (including phenoxy) is 1. The molecule has 0 heterocycles. The number of hydrogen-bond acceptors (Lipinski definition) is 3. The molecular weight excluding hydrogens is 292 g/mol. The molecule has 5 nitrogen and oxygen atoms in total. The minimum absolute atomic E-state index is 0.304. The molecular formula is C18H20N2O3. The largest absolute Gasteiger partial charge is 0.427 e. The molecule has 0 saturated heterocycles. The number of nitrogens with one attached hydrogen (secondary N) is 2. The maximum Gasteiger partial charge on any atom is 0.323 e. The van der Waals surface area contributed by atoms with Gasteiger partial charge >= 0.3 is 12.0 Å². The molecule has 2 aromatic rings. The van der Waals surface area contributed by atoms with Crippen molar-refractivity contribution in [2.24, 2.45) is 0 Å². The van der Waals surface area contributed by atoms with Crippen molar-refractivity contribution in [2.75, 3.05) is 10.6 Å². The smallest absolute Gasteiger partial charge is 0.323 e. The van der Waals surface area contributed by atoms with Crippen LogP contribution in [0.15, 0.2) is 48.5 Å². The third-order valence-electron chi connectivity index (χ3n) is 3.18. The molecule has 2 rings (SSSR count). The molecule has 120 valence electrons. The summed E-state index contributed by atoms with van der Waals surface area (Å²) in [5, 5.41) is 5.57. The topological polar surface area (TPSA) is 67.4 Å². The second kappa shape index (κ2) is 7.45. The predicted molar refractivity (Wildman–Crippen MR) is 90.9 cm³/mol. The van der Waals surface area contributed by atoms with Gasteiger partial charge in [0.15, 0.2) is 0 Å². The lowest BCUT2D eigenvalue weighted by Crippen LogP contribution is -2.20. The van der Waals surface area contributed by atoms with Crippen LogP contribution in [0.1, 0.15) is 32.3 Å². The average molecular weight is 312 g/mol. The van der Waals surface area contributed by atoms with Gasteiger partial charge in [0, 0.05) is 24.4 Å². The first-order valence-electron chi connectivity index (χ1n) is 7.41. The molecule has 0 fully saturated rings. The number of carbonyl (C=O) groups excluding carboxylic acids is 2. The fourth-order valence-corrected chi connectivity index (χ4v) is 2.20. The molecule has 0 atom stereocenters. The van der Waals surface area contributed by atoms with Crippen molar-refractivity contribution in [1.82, 2.24) is 0 Å². The number of carbonyl (C=O) groups is 2. The zero-order valence-electron chi connectivity index (χ0n) is 13.4. The van der Waals surface area contributed by atoms with Crippen LogP contribution in [-0.2, 0) is 4.79 Å². The first-order chi connectivity index (χ1) is 11.0. The lowest BCUT2D eigenvalue weighted by molar-refractivity contribution is -0.131. The number of para-hydroxylation sites is 1. The summed E-state index contributed by atoms with van der Waals surface area (Å²) < 4.78 is 4.99. The molecule has 0 unspecified atom stereocenters. The SMILES string of the molecule is CC(=O)Oc1cccc(NC(=O)Nc2ccccc2C(C)C)c1. The monoisotopic (exact) mass is 312 g/mol. The molecule has 0 bridgehead atoms. The van der Waals surface area contributed by atoms with E-state index < -0.39 is 5.97 Å². The van der Waals surface area contributed by atoms with Crippen LogP contribution in [0, 0.1) is 0 Å². The first-order valence-corrected chi connectivity index (χ1v) is 7.41. The number of benzene rings is 2. The van der Waals surface area contributed by atoms with E-state index in [1.54, 1.807) is 24.3 Å². The number of urea groups is 1. The Morgan fingerprint density at radius 2 is 1.74 bits per heavy atom. The van der Waals surface area contributed by atoms with E-state index in [-0.39, 0.29) is 6.03 Å². The lowest BCUT2D eigenvalue weighted by atomic mass is 10.0. The number of amides is 2. The van der Waals surface area contributed by atoms with Gasteiger partial charge in [-0.05, 0) is 29.7 Å². The fourth-order valence-electron chi connectivity index (χ4n) is 2.20. The maximum atomic E-state index is 12.2. The highest BCUT2D eigenvalue weighted by atomic mass is 16.5. The van der Waals surface area contributed by atoms with Gasteiger partial charge in [0.1, 0.15) is 5.75 Å². The third kappa shape index (κ3) is 4.85. The van der Waals surface area contributed by atoms with E-state index in [9.17, 15) is 9.59 Å². The van der Waals surface area contributed by atoms with Crippen LogP contribution in [0.2, 0.25) is 0 Å². The summed E-state index contributed by atoms with van der Waals surface area (Å²) in [5.41, 5.74) is 2.38. The van der Waals surface area contributed by atoms with Crippen molar-refractivity contribution >= 4 is 23.4 Å². The lowest BCUT2D eigenvalue weighted by Gasteiger charge is -2.14. The van der Waals surface area contributed by atoms with Crippen molar-refractivity contribution in [3.63, 3.8) is 0 Å². The molecule has 5 heteroatoms. The minimum Gasteiger partial charge on any atom is -0.427 e. The quantitative estimate of drug-likeness (QED) is 0.650. The van der Waals surface area contributed by atoms with Crippen LogP contribution in [-0.4, -0.2) is 12.0 Å². The maximum absolute atomic E-state index is 12.2. The molecule has 0 aliphatic rings. The molecule has 0 aliphatic carbocycles.